The van der Waals surface area contributed by atoms with Crippen molar-refractivity contribution < 1.29 is 14.7 Å². The van der Waals surface area contributed by atoms with Crippen molar-refractivity contribution in [2.24, 2.45) is 5.92 Å². The molecule has 0 aromatic carbocycles. The quantitative estimate of drug-likeness (QED) is 0.767. The highest BCUT2D eigenvalue weighted by atomic mass is 16.4. The Morgan fingerprint density at radius 2 is 2.24 bits per heavy atom. The molecule has 1 amide bonds. The van der Waals surface area contributed by atoms with Crippen molar-refractivity contribution in [3.8, 4) is 0 Å². The Bertz CT molecular complexity index is 398. The Balaban J connectivity index is 2.49. The van der Waals surface area contributed by atoms with E-state index in [1.165, 1.54) is 10.9 Å². The molecule has 1 heterocycles. The zero-order chi connectivity index (χ0) is 12.8. The molecule has 0 aliphatic rings. The summed E-state index contributed by atoms with van der Waals surface area (Å²) in [6.45, 7) is 4.90. The molecule has 94 valence electrons. The van der Waals surface area contributed by atoms with Gasteiger partial charge in [-0.3, -0.25) is 14.3 Å². The first-order valence-corrected chi connectivity index (χ1v) is 5.51. The fourth-order valence-corrected chi connectivity index (χ4v) is 1.21. The average Bonchev–Trinajstić information content (AvgIpc) is 2.71. The van der Waals surface area contributed by atoms with Gasteiger partial charge in [-0.25, -0.2) is 0 Å². The molecular formula is C11H17N3O3. The lowest BCUT2D eigenvalue weighted by Crippen LogP contribution is -2.26. The van der Waals surface area contributed by atoms with Crippen molar-refractivity contribution in [2.45, 2.75) is 26.8 Å². The van der Waals surface area contributed by atoms with Crippen molar-refractivity contribution in [2.75, 3.05) is 6.54 Å². The van der Waals surface area contributed by atoms with Gasteiger partial charge < -0.3 is 10.4 Å². The summed E-state index contributed by atoms with van der Waals surface area (Å²) in [6, 6.07) is 0. The molecule has 0 aliphatic carbocycles. The van der Waals surface area contributed by atoms with E-state index in [9.17, 15) is 9.59 Å². The van der Waals surface area contributed by atoms with E-state index in [2.05, 4.69) is 10.4 Å². The maximum absolute atomic E-state index is 11.6. The number of hydrogen-bond donors (Lipinski definition) is 2. The van der Waals surface area contributed by atoms with Crippen LogP contribution < -0.4 is 5.32 Å². The number of carbonyl (C=O) groups excluding carboxylic acids is 1. The standard InChI is InChI=1S/C11H17N3O3/c1-8(2)5-12-11(17)9-6-13-14(7-9)4-3-10(15)16/h6-8H,3-5H2,1-2H3,(H,12,17)(H,15,16). The summed E-state index contributed by atoms with van der Waals surface area (Å²) in [7, 11) is 0. The predicted molar refractivity (Wildman–Crippen MR) is 61.7 cm³/mol. The van der Waals surface area contributed by atoms with Crippen LogP contribution in [0, 0.1) is 5.92 Å². The summed E-state index contributed by atoms with van der Waals surface area (Å²) >= 11 is 0. The highest BCUT2D eigenvalue weighted by molar-refractivity contribution is 5.93. The summed E-state index contributed by atoms with van der Waals surface area (Å²) in [5, 5.41) is 15.2. The summed E-state index contributed by atoms with van der Waals surface area (Å²) in [4.78, 5) is 22.0. The molecule has 17 heavy (non-hydrogen) atoms. The monoisotopic (exact) mass is 239 g/mol. The molecule has 0 unspecified atom stereocenters. The summed E-state index contributed by atoms with van der Waals surface area (Å²) in [6.07, 6.45) is 2.99. The first-order chi connectivity index (χ1) is 7.99. The SMILES string of the molecule is CC(C)CNC(=O)c1cnn(CCC(=O)O)c1. The van der Waals surface area contributed by atoms with E-state index in [0.29, 0.717) is 18.0 Å². The Hall–Kier alpha value is -1.85. The van der Waals surface area contributed by atoms with Crippen LogP contribution in [-0.4, -0.2) is 33.3 Å². The van der Waals surface area contributed by atoms with E-state index >= 15 is 0 Å². The number of carbonyl (C=O) groups is 2. The zero-order valence-electron chi connectivity index (χ0n) is 10.0. The van der Waals surface area contributed by atoms with Crippen molar-refractivity contribution in [3.05, 3.63) is 18.0 Å². The molecule has 1 rings (SSSR count). The number of rotatable bonds is 6. The van der Waals surface area contributed by atoms with Crippen molar-refractivity contribution in [1.82, 2.24) is 15.1 Å². The van der Waals surface area contributed by atoms with E-state index in [4.69, 9.17) is 5.11 Å². The molecule has 0 spiro atoms. The van der Waals surface area contributed by atoms with Gasteiger partial charge in [0.25, 0.3) is 5.91 Å². The van der Waals surface area contributed by atoms with Gasteiger partial charge in [0, 0.05) is 12.7 Å². The molecule has 0 aliphatic heterocycles. The van der Waals surface area contributed by atoms with E-state index in [1.54, 1.807) is 6.20 Å². The second kappa shape index (κ2) is 6.03. The molecule has 0 atom stereocenters. The van der Waals surface area contributed by atoms with E-state index < -0.39 is 5.97 Å². The lowest BCUT2D eigenvalue weighted by molar-refractivity contribution is -0.137. The number of aryl methyl sites for hydroxylation is 1. The smallest absolute Gasteiger partial charge is 0.305 e. The fraction of sp³-hybridized carbons (Fsp3) is 0.545. The minimum absolute atomic E-state index is 0.00523. The number of nitrogens with zero attached hydrogens (tertiary/aromatic N) is 2. The van der Waals surface area contributed by atoms with Crippen molar-refractivity contribution >= 4 is 11.9 Å². The molecule has 0 fully saturated rings. The van der Waals surface area contributed by atoms with E-state index in [-0.39, 0.29) is 18.9 Å². The minimum atomic E-state index is -0.883. The van der Waals surface area contributed by atoms with Crippen LogP contribution in [0.5, 0.6) is 0 Å². The average molecular weight is 239 g/mol. The number of amides is 1. The molecule has 6 nitrogen and oxygen atoms in total. The van der Waals surface area contributed by atoms with Crippen LogP contribution in [-0.2, 0) is 11.3 Å². The van der Waals surface area contributed by atoms with Gasteiger partial charge >= 0.3 is 5.97 Å². The number of aromatic nitrogens is 2. The van der Waals surface area contributed by atoms with Gasteiger partial charge in [-0.2, -0.15) is 5.10 Å². The lowest BCUT2D eigenvalue weighted by atomic mass is 10.2. The van der Waals surface area contributed by atoms with Gasteiger partial charge in [0.05, 0.1) is 24.7 Å². The number of nitrogens with one attached hydrogen (secondary N) is 1. The van der Waals surface area contributed by atoms with Crippen LogP contribution in [0.25, 0.3) is 0 Å². The van der Waals surface area contributed by atoms with Crippen LogP contribution in [0.4, 0.5) is 0 Å². The van der Waals surface area contributed by atoms with Crippen LogP contribution >= 0.6 is 0 Å². The maximum atomic E-state index is 11.6. The van der Waals surface area contributed by atoms with Crippen molar-refractivity contribution in [1.29, 1.82) is 0 Å². The molecule has 0 radical (unpaired) electrons. The Morgan fingerprint density at radius 3 is 2.82 bits per heavy atom. The van der Waals surface area contributed by atoms with Crippen molar-refractivity contribution in [3.63, 3.8) is 0 Å². The van der Waals surface area contributed by atoms with E-state index in [1.807, 2.05) is 13.8 Å². The van der Waals surface area contributed by atoms with Gasteiger partial charge in [0.1, 0.15) is 0 Å². The van der Waals surface area contributed by atoms with Gasteiger partial charge in [0.15, 0.2) is 0 Å². The van der Waals surface area contributed by atoms with E-state index in [0.717, 1.165) is 0 Å². The third-order valence-electron chi connectivity index (χ3n) is 2.12. The summed E-state index contributed by atoms with van der Waals surface area (Å²) < 4.78 is 1.46. The van der Waals surface area contributed by atoms with Gasteiger partial charge in [-0.05, 0) is 5.92 Å². The number of carboxylic acid groups (broad SMARTS) is 1. The Labute approximate surface area is 99.6 Å². The minimum Gasteiger partial charge on any atom is -0.481 e. The number of carboxylic acids is 1. The second-order valence-corrected chi connectivity index (χ2v) is 4.24. The second-order valence-electron chi connectivity index (χ2n) is 4.24. The fourth-order valence-electron chi connectivity index (χ4n) is 1.21. The molecule has 1 aromatic rings. The van der Waals surface area contributed by atoms with Gasteiger partial charge in [-0.1, -0.05) is 13.8 Å². The summed E-state index contributed by atoms with van der Waals surface area (Å²) in [5.74, 6) is -0.674. The third-order valence-corrected chi connectivity index (χ3v) is 2.12. The molecule has 0 saturated heterocycles. The molecule has 2 N–H and O–H groups in total. The number of aliphatic carboxylic acids is 1. The molecule has 1 aromatic heterocycles. The number of hydrogen-bond acceptors (Lipinski definition) is 3. The first-order valence-electron chi connectivity index (χ1n) is 5.51. The van der Waals surface area contributed by atoms with Crippen LogP contribution in [0.1, 0.15) is 30.6 Å². The topological polar surface area (TPSA) is 84.2 Å². The Morgan fingerprint density at radius 1 is 1.53 bits per heavy atom. The normalized spacial score (nSPS) is 10.5. The molecule has 0 bridgehead atoms. The lowest BCUT2D eigenvalue weighted by Gasteiger charge is -2.05. The molecular weight excluding hydrogens is 222 g/mol. The van der Waals surface area contributed by atoms with Crippen LogP contribution in [0.3, 0.4) is 0 Å². The molecule has 0 saturated carbocycles. The largest absolute Gasteiger partial charge is 0.481 e. The predicted octanol–water partition coefficient (Wildman–Crippen LogP) is 0.744. The van der Waals surface area contributed by atoms with Gasteiger partial charge in [0.2, 0.25) is 0 Å². The third kappa shape index (κ3) is 4.67. The summed E-state index contributed by atoms with van der Waals surface area (Å²) in [5.41, 5.74) is 0.455. The Kier molecular flexibility index (Phi) is 4.68. The van der Waals surface area contributed by atoms with Crippen LogP contribution in [0.15, 0.2) is 12.4 Å². The highest BCUT2D eigenvalue weighted by Crippen LogP contribution is 1.99. The highest BCUT2D eigenvalue weighted by Gasteiger charge is 2.09. The van der Waals surface area contributed by atoms with Crippen LogP contribution in [0.2, 0.25) is 0 Å². The zero-order valence-corrected chi connectivity index (χ0v) is 10.0. The maximum Gasteiger partial charge on any atom is 0.305 e. The van der Waals surface area contributed by atoms with Gasteiger partial charge in [-0.15, -0.1) is 0 Å². The molecule has 6 heteroatoms. The first kappa shape index (κ1) is 13.2.